The number of carboxylic acid groups (broad SMARTS) is 1. The lowest BCUT2D eigenvalue weighted by Crippen LogP contribution is -2.50. The Kier molecular flexibility index (Phi) is 16.6. The fourth-order valence-corrected chi connectivity index (χ4v) is 7.98. The molecule has 1 aromatic heterocycles. The summed E-state index contributed by atoms with van der Waals surface area (Å²) in [6, 6.07) is 21.9. The van der Waals surface area contributed by atoms with E-state index in [0.717, 1.165) is 16.3 Å². The van der Waals surface area contributed by atoms with Gasteiger partial charge in [-0.2, -0.15) is 0 Å². The van der Waals surface area contributed by atoms with E-state index in [1.165, 1.54) is 20.5 Å². The molecule has 5 aromatic rings. The number of aromatic nitrogens is 1. The Labute approximate surface area is 392 Å². The third-order valence-corrected chi connectivity index (χ3v) is 11.6. The van der Waals surface area contributed by atoms with E-state index in [2.05, 4.69) is 35.9 Å². The van der Waals surface area contributed by atoms with Crippen molar-refractivity contribution in [3.05, 3.63) is 96.2 Å². The first-order valence-electron chi connectivity index (χ1n) is 21.8. The number of carbonyl (C=O) groups excluding carboxylic acids is 3. The fourth-order valence-electron chi connectivity index (χ4n) is 7.52. The zero-order valence-electron chi connectivity index (χ0n) is 38.6. The molecule has 356 valence electrons. The van der Waals surface area contributed by atoms with Crippen molar-refractivity contribution in [2.45, 2.75) is 51.5 Å². The van der Waals surface area contributed by atoms with E-state index in [9.17, 15) is 23.4 Å². The van der Waals surface area contributed by atoms with Crippen LogP contribution in [0.1, 0.15) is 56.0 Å². The average molecular weight is 938 g/mol. The number of rotatable bonds is 19. The zero-order valence-corrected chi connectivity index (χ0v) is 39.4. The van der Waals surface area contributed by atoms with E-state index < -0.39 is 29.0 Å². The number of methoxy groups -OCH3 is 2. The van der Waals surface area contributed by atoms with Crippen LogP contribution in [0.3, 0.4) is 0 Å². The summed E-state index contributed by atoms with van der Waals surface area (Å²) in [5.74, 6) is 0.879. The summed E-state index contributed by atoms with van der Waals surface area (Å²) in [5.41, 5.74) is 8.62. The number of hydrogen-bond donors (Lipinski definition) is 7. The first-order chi connectivity index (χ1) is 32.0. The maximum Gasteiger partial charge on any atom is 0.323 e. The molecular formula is C48H59N9O9S. The molecule has 1 unspecified atom stereocenters. The second kappa shape index (κ2) is 22.5. The summed E-state index contributed by atoms with van der Waals surface area (Å²) >= 11 is 0. The van der Waals surface area contributed by atoms with Crippen molar-refractivity contribution in [2.75, 3.05) is 80.4 Å². The van der Waals surface area contributed by atoms with Gasteiger partial charge in [0.15, 0.2) is 5.75 Å². The molecule has 0 spiro atoms. The van der Waals surface area contributed by atoms with Crippen molar-refractivity contribution in [3.63, 3.8) is 0 Å². The van der Waals surface area contributed by atoms with E-state index >= 15 is 0 Å². The topological polar surface area (TPSA) is 239 Å². The summed E-state index contributed by atoms with van der Waals surface area (Å²) in [4.78, 5) is 58.7. The van der Waals surface area contributed by atoms with Crippen LogP contribution in [0, 0.1) is 0 Å². The molecule has 8 N–H and O–H groups in total. The number of amides is 4. The van der Waals surface area contributed by atoms with Gasteiger partial charge in [-0.1, -0.05) is 45.0 Å². The molecule has 0 radical (unpaired) electrons. The number of benzene rings is 4. The van der Waals surface area contributed by atoms with Crippen molar-refractivity contribution in [3.8, 4) is 23.0 Å². The van der Waals surface area contributed by atoms with E-state index in [-0.39, 0.29) is 30.1 Å². The Morgan fingerprint density at radius 2 is 1.58 bits per heavy atom. The molecular weight excluding hydrogens is 879 g/mol. The number of ether oxygens (including phenoxy) is 3. The summed E-state index contributed by atoms with van der Waals surface area (Å²) in [5, 5.41) is 22.5. The number of fused-ring (bicyclic) bond motifs is 1. The summed E-state index contributed by atoms with van der Waals surface area (Å²) in [6.07, 6.45) is 4.08. The van der Waals surface area contributed by atoms with Crippen molar-refractivity contribution in [1.29, 1.82) is 0 Å². The number of nitrogens with zero attached hydrogens (tertiary/aromatic N) is 3. The van der Waals surface area contributed by atoms with Crippen LogP contribution in [0.4, 0.5) is 33.4 Å². The number of pyridine rings is 1. The predicted octanol–water partition coefficient (Wildman–Crippen LogP) is 6.89. The predicted molar refractivity (Wildman–Crippen MR) is 261 cm³/mol. The van der Waals surface area contributed by atoms with Crippen LogP contribution in [-0.4, -0.2) is 114 Å². The van der Waals surface area contributed by atoms with E-state index in [1.807, 2.05) is 57.2 Å². The number of carboxylic acids is 1. The highest BCUT2D eigenvalue weighted by Crippen LogP contribution is 2.40. The van der Waals surface area contributed by atoms with Gasteiger partial charge in [0.05, 0.1) is 36.8 Å². The number of hydrogen-bond acceptors (Lipinski definition) is 12. The molecule has 0 aliphatic carbocycles. The van der Waals surface area contributed by atoms with Crippen molar-refractivity contribution < 1.29 is 42.7 Å². The molecule has 19 heteroatoms. The van der Waals surface area contributed by atoms with Gasteiger partial charge in [-0.15, -0.1) is 0 Å². The first kappa shape index (κ1) is 49.5. The monoisotopic (exact) mass is 937 g/mol. The van der Waals surface area contributed by atoms with Gasteiger partial charge in [0, 0.05) is 86.7 Å². The summed E-state index contributed by atoms with van der Waals surface area (Å²) in [7, 11) is 1.61. The minimum atomic E-state index is -1.38. The van der Waals surface area contributed by atoms with Crippen LogP contribution >= 0.6 is 0 Å². The number of piperazine rings is 1. The second-order valence-corrected chi connectivity index (χ2v) is 18.1. The molecule has 0 saturated carbocycles. The number of nitrogens with two attached hydrogens (primary N) is 1. The lowest BCUT2D eigenvalue weighted by Gasteiger charge is -2.34. The maximum atomic E-state index is 13.6. The molecule has 0 bridgehead atoms. The van der Waals surface area contributed by atoms with Gasteiger partial charge in [-0.25, -0.2) is 14.0 Å². The van der Waals surface area contributed by atoms with Crippen LogP contribution in [0.5, 0.6) is 23.0 Å². The average Bonchev–Trinajstić information content (AvgIpc) is 3.29. The molecule has 4 amide bonds. The van der Waals surface area contributed by atoms with Gasteiger partial charge in [0.2, 0.25) is 5.91 Å². The Morgan fingerprint density at radius 3 is 2.27 bits per heavy atom. The molecule has 4 aromatic carbocycles. The number of carbonyl (C=O) groups is 4. The SMILES string of the molecule is COc1cc(Nc2cc(Oc3ccc(NC(=O)Nc4cc(C(C)(C)C)cc(NS(C)=O)c4OC)c4ccccc34)ccn2)ccc1C(=O)NCCN1CCN(C(=O)CCC[C@@H](N)C(=O)O)CC1. The van der Waals surface area contributed by atoms with E-state index in [4.69, 9.17) is 25.1 Å². The first-order valence-corrected chi connectivity index (χ1v) is 23.4. The minimum absolute atomic E-state index is 0.00903. The molecule has 1 aliphatic rings. The van der Waals surface area contributed by atoms with Gasteiger partial charge < -0.3 is 55.9 Å². The van der Waals surface area contributed by atoms with E-state index in [0.29, 0.717) is 103 Å². The number of urea groups is 1. The van der Waals surface area contributed by atoms with Crippen LogP contribution in [0.15, 0.2) is 85.1 Å². The molecule has 1 fully saturated rings. The fraction of sp³-hybridized carbons (Fsp3) is 0.354. The summed E-state index contributed by atoms with van der Waals surface area (Å²) < 4.78 is 32.7. The van der Waals surface area contributed by atoms with Crippen molar-refractivity contribution >= 4 is 74.1 Å². The summed E-state index contributed by atoms with van der Waals surface area (Å²) in [6.45, 7) is 9.59. The lowest BCUT2D eigenvalue weighted by molar-refractivity contribution is -0.139. The Hall–Kier alpha value is -6.96. The minimum Gasteiger partial charge on any atom is -0.496 e. The molecule has 67 heavy (non-hydrogen) atoms. The molecule has 2 atom stereocenters. The number of anilines is 5. The van der Waals surface area contributed by atoms with Crippen LogP contribution in [0.2, 0.25) is 0 Å². The number of nitrogens with one attached hydrogen (secondary N) is 5. The van der Waals surface area contributed by atoms with Gasteiger partial charge >= 0.3 is 12.0 Å². The highest BCUT2D eigenvalue weighted by Gasteiger charge is 2.24. The molecule has 1 saturated heterocycles. The second-order valence-electron chi connectivity index (χ2n) is 17.0. The highest BCUT2D eigenvalue weighted by atomic mass is 32.2. The lowest BCUT2D eigenvalue weighted by atomic mass is 9.86. The largest absolute Gasteiger partial charge is 0.496 e. The third-order valence-electron chi connectivity index (χ3n) is 11.1. The quantitative estimate of drug-likeness (QED) is 0.0447. The van der Waals surface area contributed by atoms with Crippen molar-refractivity contribution in [1.82, 2.24) is 20.1 Å². The van der Waals surface area contributed by atoms with Gasteiger partial charge in [0.1, 0.15) is 40.1 Å². The molecule has 6 rings (SSSR count). The van der Waals surface area contributed by atoms with Crippen LogP contribution in [0.25, 0.3) is 10.8 Å². The Bertz CT molecular complexity index is 2610. The van der Waals surface area contributed by atoms with Gasteiger partial charge in [0.25, 0.3) is 5.91 Å². The maximum absolute atomic E-state index is 13.6. The van der Waals surface area contributed by atoms with Crippen molar-refractivity contribution in [2.24, 2.45) is 5.73 Å². The molecule has 2 heterocycles. The van der Waals surface area contributed by atoms with Gasteiger partial charge in [-0.3, -0.25) is 19.3 Å². The normalized spacial score (nSPS) is 13.8. The number of aliphatic carboxylic acids is 1. The van der Waals surface area contributed by atoms with Crippen LogP contribution < -0.4 is 45.9 Å². The molecule has 1 aliphatic heterocycles. The Morgan fingerprint density at radius 1 is 0.866 bits per heavy atom. The zero-order chi connectivity index (χ0) is 48.3. The van der Waals surface area contributed by atoms with Crippen LogP contribution in [-0.2, 0) is 26.0 Å². The third kappa shape index (κ3) is 13.3. The smallest absolute Gasteiger partial charge is 0.323 e. The molecule has 18 nitrogen and oxygen atoms in total. The highest BCUT2D eigenvalue weighted by molar-refractivity contribution is 7.85. The van der Waals surface area contributed by atoms with Gasteiger partial charge in [-0.05, 0) is 66.3 Å². The standard InChI is InChI=1S/C48H59N9O9S/c1-48(2,3)30-26-38(44(65-5)39(27-30)55-67(6)63)54-47(62)53-37-16-17-40(34-11-8-7-10-33(34)37)66-32-18-19-50-42(29-32)52-31-14-15-35(41(28-31)64-4)45(59)51-20-21-56-22-24-57(25-23-56)43(58)13-9-12-36(49)46(60)61/h7-8,10-11,14-19,26-29,36,55H,9,12-13,20-25,49H2,1-6H3,(H,50,52)(H,51,59)(H,60,61)(H2,53,54,62)/t36-,67?/m1/s1. The van der Waals surface area contributed by atoms with E-state index in [1.54, 1.807) is 53.6 Å². The Balaban J connectivity index is 1.04.